The molecule has 3 aromatic rings. The highest BCUT2D eigenvalue weighted by Gasteiger charge is 2.31. The average molecular weight is 417 g/mol. The fourth-order valence-electron chi connectivity index (χ4n) is 3.85. The lowest BCUT2D eigenvalue weighted by Gasteiger charge is -2.31. The van der Waals surface area contributed by atoms with Gasteiger partial charge in [-0.05, 0) is 37.8 Å². The second-order valence-corrected chi connectivity index (χ2v) is 9.36. The Morgan fingerprint density at radius 1 is 1.36 bits per heavy atom. The number of piperidine rings is 1. The van der Waals surface area contributed by atoms with Crippen molar-refractivity contribution in [3.8, 4) is 0 Å². The molecule has 1 aliphatic rings. The van der Waals surface area contributed by atoms with Gasteiger partial charge in [0.15, 0.2) is 0 Å². The first-order chi connectivity index (χ1) is 13.4. The zero-order valence-electron chi connectivity index (χ0n) is 16.5. The Morgan fingerprint density at radius 2 is 2.14 bits per heavy atom. The first-order valence-electron chi connectivity index (χ1n) is 9.81. The number of thiazole rings is 1. The summed E-state index contributed by atoms with van der Waals surface area (Å²) < 4.78 is 2.96. The van der Waals surface area contributed by atoms with E-state index in [1.807, 2.05) is 30.0 Å². The molecule has 0 radical (unpaired) electrons. The van der Waals surface area contributed by atoms with Crippen molar-refractivity contribution in [1.29, 1.82) is 0 Å². The second-order valence-electron chi connectivity index (χ2n) is 7.94. The van der Waals surface area contributed by atoms with Crippen LogP contribution < -0.4 is 0 Å². The maximum absolute atomic E-state index is 13.3. The number of para-hydroxylation sites is 1. The molecule has 2 aromatic heterocycles. The number of hydrogen-bond acceptors (Lipinski definition) is 4. The van der Waals surface area contributed by atoms with Crippen LogP contribution in [0.25, 0.3) is 10.2 Å². The van der Waals surface area contributed by atoms with Crippen molar-refractivity contribution in [3.63, 3.8) is 0 Å². The number of nitrogens with zero attached hydrogens (tertiary/aromatic N) is 4. The zero-order chi connectivity index (χ0) is 19.8. The van der Waals surface area contributed by atoms with E-state index in [1.165, 1.54) is 4.70 Å². The molecule has 1 atom stereocenters. The minimum atomic E-state index is -0.0108. The van der Waals surface area contributed by atoms with Crippen LogP contribution >= 0.6 is 22.9 Å². The van der Waals surface area contributed by atoms with Crippen LogP contribution in [0.2, 0.25) is 5.15 Å². The van der Waals surface area contributed by atoms with Gasteiger partial charge in [-0.25, -0.2) is 4.98 Å². The maximum Gasteiger partial charge on any atom is 0.258 e. The van der Waals surface area contributed by atoms with E-state index in [4.69, 9.17) is 16.6 Å². The molecule has 4 rings (SSSR count). The van der Waals surface area contributed by atoms with Crippen LogP contribution in [0.1, 0.15) is 53.7 Å². The quantitative estimate of drug-likeness (QED) is 0.592. The summed E-state index contributed by atoms with van der Waals surface area (Å²) in [6.45, 7) is 8.24. The fraction of sp³-hybridized carbons (Fsp3) is 0.476. The largest absolute Gasteiger partial charge is 0.338 e. The molecule has 148 valence electrons. The Morgan fingerprint density at radius 3 is 2.89 bits per heavy atom. The third-order valence-corrected chi connectivity index (χ3v) is 6.77. The zero-order valence-corrected chi connectivity index (χ0v) is 18.1. The number of aryl methyl sites for hydroxylation is 1. The third kappa shape index (κ3) is 3.67. The molecular weight excluding hydrogens is 392 g/mol. The molecule has 3 heterocycles. The molecule has 1 aromatic carbocycles. The van der Waals surface area contributed by atoms with Crippen LogP contribution in [0.15, 0.2) is 24.3 Å². The molecule has 7 heteroatoms. The molecule has 0 spiro atoms. The molecule has 1 saturated heterocycles. The van der Waals surface area contributed by atoms with E-state index < -0.39 is 0 Å². The van der Waals surface area contributed by atoms with Gasteiger partial charge in [-0.3, -0.25) is 9.48 Å². The molecule has 1 amide bonds. The Bertz CT molecular complexity index is 976. The number of amides is 1. The van der Waals surface area contributed by atoms with E-state index in [2.05, 4.69) is 25.0 Å². The monoisotopic (exact) mass is 416 g/mol. The lowest BCUT2D eigenvalue weighted by molar-refractivity contribution is 0.0706. The lowest BCUT2D eigenvalue weighted by atomic mass is 9.98. The van der Waals surface area contributed by atoms with E-state index in [1.54, 1.807) is 16.0 Å². The van der Waals surface area contributed by atoms with Crippen molar-refractivity contribution >= 4 is 39.1 Å². The van der Waals surface area contributed by atoms with E-state index in [9.17, 15) is 4.79 Å². The minimum absolute atomic E-state index is 0.0108. The standard InChI is InChI=1S/C21H25ClN4OS/c1-13(2)11-26-19(22)18(14(3)24-26)21(27)25-10-6-7-15(12-25)20-23-16-8-4-5-9-17(16)28-20/h4-5,8-9,13,15H,6-7,10-12H2,1-3H3/t15-/m0/s1. The normalized spacial score (nSPS) is 17.6. The van der Waals surface area contributed by atoms with Gasteiger partial charge < -0.3 is 4.90 Å². The number of carbonyl (C=O) groups excluding carboxylic acids is 1. The number of aromatic nitrogens is 3. The number of hydrogen-bond donors (Lipinski definition) is 0. The molecule has 1 aliphatic heterocycles. The summed E-state index contributed by atoms with van der Waals surface area (Å²) in [5.41, 5.74) is 2.30. The molecule has 0 unspecified atom stereocenters. The van der Waals surface area contributed by atoms with Crippen molar-refractivity contribution in [2.45, 2.75) is 46.1 Å². The van der Waals surface area contributed by atoms with Gasteiger partial charge in [0.2, 0.25) is 0 Å². The van der Waals surface area contributed by atoms with E-state index >= 15 is 0 Å². The summed E-state index contributed by atoms with van der Waals surface area (Å²) in [5.74, 6) is 0.682. The highest BCUT2D eigenvalue weighted by Crippen LogP contribution is 2.34. The molecule has 0 aliphatic carbocycles. The molecule has 0 bridgehead atoms. The molecule has 28 heavy (non-hydrogen) atoms. The maximum atomic E-state index is 13.3. The first kappa shape index (κ1) is 19.4. The average Bonchev–Trinajstić information content (AvgIpc) is 3.22. The highest BCUT2D eigenvalue weighted by molar-refractivity contribution is 7.18. The Hall–Kier alpha value is -1.92. The van der Waals surface area contributed by atoms with Crippen LogP contribution in [0.4, 0.5) is 0 Å². The minimum Gasteiger partial charge on any atom is -0.338 e. The number of fused-ring (bicyclic) bond motifs is 1. The van der Waals surface area contributed by atoms with Gasteiger partial charge in [0, 0.05) is 25.6 Å². The van der Waals surface area contributed by atoms with Crippen molar-refractivity contribution in [2.75, 3.05) is 13.1 Å². The molecule has 0 N–H and O–H groups in total. The number of benzene rings is 1. The summed E-state index contributed by atoms with van der Waals surface area (Å²) in [7, 11) is 0. The Kier molecular flexibility index (Phi) is 5.43. The van der Waals surface area contributed by atoms with Crippen LogP contribution in [-0.4, -0.2) is 38.7 Å². The predicted octanol–water partition coefficient (Wildman–Crippen LogP) is 5.13. The highest BCUT2D eigenvalue weighted by atomic mass is 35.5. The predicted molar refractivity (Wildman–Crippen MR) is 114 cm³/mol. The van der Waals surface area contributed by atoms with Crippen LogP contribution in [-0.2, 0) is 6.54 Å². The van der Waals surface area contributed by atoms with Crippen LogP contribution in [0.3, 0.4) is 0 Å². The van der Waals surface area contributed by atoms with E-state index in [0.717, 1.165) is 29.9 Å². The summed E-state index contributed by atoms with van der Waals surface area (Å²) in [6, 6.07) is 8.21. The molecule has 1 fully saturated rings. The SMILES string of the molecule is Cc1nn(CC(C)C)c(Cl)c1C(=O)N1CCC[C@H](c2nc3ccccc3s2)C1. The first-order valence-corrected chi connectivity index (χ1v) is 11.0. The van der Waals surface area contributed by atoms with Gasteiger partial charge in [-0.2, -0.15) is 5.10 Å². The van der Waals surface area contributed by atoms with Gasteiger partial charge in [0.25, 0.3) is 5.91 Å². The smallest absolute Gasteiger partial charge is 0.258 e. The Balaban J connectivity index is 1.56. The second kappa shape index (κ2) is 7.84. The van der Waals surface area contributed by atoms with Crippen molar-refractivity contribution < 1.29 is 4.79 Å². The van der Waals surface area contributed by atoms with Gasteiger partial charge in [-0.15, -0.1) is 11.3 Å². The van der Waals surface area contributed by atoms with Gasteiger partial charge in [0.1, 0.15) is 5.15 Å². The fourth-order valence-corrected chi connectivity index (χ4v) is 5.27. The van der Waals surface area contributed by atoms with Crippen molar-refractivity contribution in [2.24, 2.45) is 5.92 Å². The summed E-state index contributed by atoms with van der Waals surface area (Å²) in [5, 5.41) is 6.08. The molecular formula is C21H25ClN4OS. The van der Waals surface area contributed by atoms with Crippen LogP contribution in [0, 0.1) is 12.8 Å². The van der Waals surface area contributed by atoms with E-state index in [0.29, 0.717) is 35.4 Å². The number of carbonyl (C=O) groups is 1. The number of rotatable bonds is 4. The summed E-state index contributed by atoms with van der Waals surface area (Å²) in [4.78, 5) is 20.0. The Labute approximate surface area is 174 Å². The van der Waals surface area contributed by atoms with Gasteiger partial charge >= 0.3 is 0 Å². The molecule has 5 nitrogen and oxygen atoms in total. The summed E-state index contributed by atoms with van der Waals surface area (Å²) >= 11 is 8.28. The van der Waals surface area contributed by atoms with Crippen molar-refractivity contribution in [1.82, 2.24) is 19.7 Å². The van der Waals surface area contributed by atoms with Gasteiger partial charge in [-0.1, -0.05) is 37.6 Å². The van der Waals surface area contributed by atoms with Crippen LogP contribution in [0.5, 0.6) is 0 Å². The topological polar surface area (TPSA) is 51.0 Å². The lowest BCUT2D eigenvalue weighted by Crippen LogP contribution is -2.39. The van der Waals surface area contributed by atoms with Crippen molar-refractivity contribution in [3.05, 3.63) is 45.7 Å². The number of likely N-dealkylation sites (tertiary alicyclic amines) is 1. The van der Waals surface area contributed by atoms with Gasteiger partial charge in [0.05, 0.1) is 26.5 Å². The molecule has 0 saturated carbocycles. The summed E-state index contributed by atoms with van der Waals surface area (Å²) in [6.07, 6.45) is 2.03. The third-order valence-electron chi connectivity index (χ3n) is 5.19. The number of halogens is 1. The van der Waals surface area contributed by atoms with E-state index in [-0.39, 0.29) is 11.8 Å².